The van der Waals surface area contributed by atoms with Crippen molar-refractivity contribution in [2.75, 3.05) is 6.54 Å². The molecule has 12 heavy (non-hydrogen) atoms. The molecular formula is C6H10ClF2NO2. The minimum Gasteiger partial charge on any atom is -0.480 e. The smallest absolute Gasteiger partial charge is 0.320 e. The van der Waals surface area contributed by atoms with Crippen molar-refractivity contribution in [2.45, 2.75) is 24.8 Å². The van der Waals surface area contributed by atoms with E-state index in [2.05, 4.69) is 5.32 Å². The van der Waals surface area contributed by atoms with Gasteiger partial charge in [-0.05, 0) is 0 Å². The number of carboxylic acids is 1. The molecule has 3 nitrogen and oxygen atoms in total. The molecule has 1 aliphatic heterocycles. The van der Waals surface area contributed by atoms with Crippen molar-refractivity contribution in [1.82, 2.24) is 5.32 Å². The first-order valence-electron chi connectivity index (χ1n) is 3.35. The van der Waals surface area contributed by atoms with Gasteiger partial charge in [-0.1, -0.05) is 0 Å². The number of rotatable bonds is 1. The number of carbonyl (C=O) groups is 1. The summed E-state index contributed by atoms with van der Waals surface area (Å²) in [6, 6.07) is -1.08. The number of alkyl halides is 2. The van der Waals surface area contributed by atoms with Crippen molar-refractivity contribution < 1.29 is 18.7 Å². The fraction of sp³-hybridized carbons (Fsp3) is 0.833. The molecule has 6 heteroatoms. The van der Waals surface area contributed by atoms with Crippen molar-refractivity contribution in [3.63, 3.8) is 0 Å². The van der Waals surface area contributed by atoms with E-state index in [1.807, 2.05) is 0 Å². The molecule has 0 spiro atoms. The predicted molar refractivity (Wildman–Crippen MR) is 40.9 cm³/mol. The van der Waals surface area contributed by atoms with Gasteiger partial charge in [-0.2, -0.15) is 0 Å². The summed E-state index contributed by atoms with van der Waals surface area (Å²) in [5.74, 6) is -4.02. The summed E-state index contributed by atoms with van der Waals surface area (Å²) in [6.45, 7) is 0.0734. The zero-order valence-electron chi connectivity index (χ0n) is 6.22. The third-order valence-electron chi connectivity index (χ3n) is 1.68. The van der Waals surface area contributed by atoms with E-state index in [-0.39, 0.29) is 25.4 Å². The van der Waals surface area contributed by atoms with Crippen LogP contribution in [0.3, 0.4) is 0 Å². The molecule has 1 heterocycles. The first-order valence-corrected chi connectivity index (χ1v) is 3.35. The van der Waals surface area contributed by atoms with Crippen LogP contribution in [0, 0.1) is 0 Å². The van der Waals surface area contributed by atoms with E-state index in [1.54, 1.807) is 0 Å². The van der Waals surface area contributed by atoms with E-state index in [9.17, 15) is 13.6 Å². The molecule has 0 aromatic rings. The number of halogens is 3. The van der Waals surface area contributed by atoms with Crippen LogP contribution < -0.4 is 5.32 Å². The Kier molecular flexibility index (Phi) is 3.86. The van der Waals surface area contributed by atoms with Crippen LogP contribution >= 0.6 is 12.4 Å². The Morgan fingerprint density at radius 2 is 2.17 bits per heavy atom. The normalized spacial score (nSPS) is 27.3. The molecule has 0 unspecified atom stereocenters. The number of hydrogen-bond acceptors (Lipinski definition) is 2. The van der Waals surface area contributed by atoms with Gasteiger partial charge in [0.1, 0.15) is 6.04 Å². The largest absolute Gasteiger partial charge is 0.480 e. The molecule has 72 valence electrons. The average molecular weight is 202 g/mol. The summed E-state index contributed by atoms with van der Waals surface area (Å²) in [5, 5.41) is 10.9. The Hall–Kier alpha value is -0.420. The lowest BCUT2D eigenvalue weighted by atomic mass is 10.0. The summed E-state index contributed by atoms with van der Waals surface area (Å²) in [5.41, 5.74) is 0. The molecule has 0 aliphatic carbocycles. The molecule has 1 saturated heterocycles. The first kappa shape index (κ1) is 11.6. The molecule has 0 aromatic heterocycles. The Morgan fingerprint density at radius 3 is 2.50 bits per heavy atom. The second-order valence-electron chi connectivity index (χ2n) is 2.66. The molecule has 1 atom stereocenters. The number of nitrogens with one attached hydrogen (secondary N) is 1. The molecule has 0 bridgehead atoms. The van der Waals surface area contributed by atoms with E-state index in [4.69, 9.17) is 5.11 Å². The van der Waals surface area contributed by atoms with Crippen LogP contribution in [-0.2, 0) is 4.79 Å². The van der Waals surface area contributed by atoms with Crippen molar-refractivity contribution in [1.29, 1.82) is 0 Å². The molecule has 0 radical (unpaired) electrons. The van der Waals surface area contributed by atoms with Crippen LogP contribution in [0.1, 0.15) is 12.8 Å². The topological polar surface area (TPSA) is 49.3 Å². The number of aliphatic carboxylic acids is 1. The lowest BCUT2D eigenvalue weighted by Crippen LogP contribution is -2.47. The summed E-state index contributed by atoms with van der Waals surface area (Å²) in [6.07, 6.45) is -0.862. The zero-order chi connectivity index (χ0) is 8.48. The third-order valence-corrected chi connectivity index (χ3v) is 1.68. The number of carboxylic acid groups (broad SMARTS) is 1. The number of hydrogen-bond donors (Lipinski definition) is 2. The SMILES string of the molecule is Cl.O=C(O)[C@@H]1CC(F)(F)CCN1. The Morgan fingerprint density at radius 1 is 1.58 bits per heavy atom. The Bertz CT molecular complexity index is 177. The van der Waals surface area contributed by atoms with Crippen LogP contribution in [0.15, 0.2) is 0 Å². The molecule has 0 saturated carbocycles. The van der Waals surface area contributed by atoms with E-state index in [1.165, 1.54) is 0 Å². The van der Waals surface area contributed by atoms with Gasteiger partial charge in [-0.15, -0.1) is 12.4 Å². The van der Waals surface area contributed by atoms with Crippen LogP contribution in [0.4, 0.5) is 8.78 Å². The lowest BCUT2D eigenvalue weighted by molar-refractivity contribution is -0.144. The van der Waals surface area contributed by atoms with Gasteiger partial charge in [0.15, 0.2) is 0 Å². The van der Waals surface area contributed by atoms with Crippen LogP contribution in [0.5, 0.6) is 0 Å². The summed E-state index contributed by atoms with van der Waals surface area (Å²) in [4.78, 5) is 10.2. The maximum Gasteiger partial charge on any atom is 0.320 e. The van der Waals surface area contributed by atoms with E-state index < -0.39 is 24.4 Å². The van der Waals surface area contributed by atoms with Gasteiger partial charge >= 0.3 is 5.97 Å². The third kappa shape index (κ3) is 2.91. The van der Waals surface area contributed by atoms with Crippen LogP contribution in [-0.4, -0.2) is 29.6 Å². The van der Waals surface area contributed by atoms with Gasteiger partial charge in [-0.3, -0.25) is 4.79 Å². The number of piperidine rings is 1. The van der Waals surface area contributed by atoms with Gasteiger partial charge in [0.25, 0.3) is 5.92 Å². The predicted octanol–water partition coefficient (Wildman–Crippen LogP) is 0.880. The standard InChI is InChI=1S/C6H9F2NO2.ClH/c7-6(8)1-2-9-4(3-6)5(10)11;/h4,9H,1-3H2,(H,10,11);1H/t4-;/m0./s1. The van der Waals surface area contributed by atoms with E-state index in [0.717, 1.165) is 0 Å². The maximum absolute atomic E-state index is 12.5. The van der Waals surface area contributed by atoms with E-state index >= 15 is 0 Å². The molecule has 0 aromatic carbocycles. The van der Waals surface area contributed by atoms with Crippen molar-refractivity contribution >= 4 is 18.4 Å². The van der Waals surface area contributed by atoms with Gasteiger partial charge in [0.2, 0.25) is 0 Å². The van der Waals surface area contributed by atoms with Crippen molar-refractivity contribution in [3.8, 4) is 0 Å². The summed E-state index contributed by atoms with van der Waals surface area (Å²) >= 11 is 0. The Balaban J connectivity index is 0.00000121. The zero-order valence-corrected chi connectivity index (χ0v) is 7.03. The Labute approximate surface area is 74.5 Å². The molecule has 1 fully saturated rings. The summed E-state index contributed by atoms with van der Waals surface area (Å²) < 4.78 is 25.0. The first-order chi connectivity index (χ1) is 5.01. The lowest BCUT2D eigenvalue weighted by Gasteiger charge is -2.27. The van der Waals surface area contributed by atoms with Crippen molar-refractivity contribution in [2.24, 2.45) is 0 Å². The minimum atomic E-state index is -2.81. The average Bonchev–Trinajstić information content (AvgIpc) is 1.85. The highest BCUT2D eigenvalue weighted by molar-refractivity contribution is 5.85. The van der Waals surface area contributed by atoms with Gasteiger partial charge in [0, 0.05) is 19.4 Å². The van der Waals surface area contributed by atoms with Gasteiger partial charge in [0.05, 0.1) is 0 Å². The second kappa shape index (κ2) is 4.00. The van der Waals surface area contributed by atoms with Crippen molar-refractivity contribution in [3.05, 3.63) is 0 Å². The monoisotopic (exact) mass is 201 g/mol. The van der Waals surface area contributed by atoms with E-state index in [0.29, 0.717) is 0 Å². The second-order valence-corrected chi connectivity index (χ2v) is 2.66. The molecule has 0 amide bonds. The highest BCUT2D eigenvalue weighted by Gasteiger charge is 2.38. The van der Waals surface area contributed by atoms with Crippen LogP contribution in [0.2, 0.25) is 0 Å². The summed E-state index contributed by atoms with van der Waals surface area (Å²) in [7, 11) is 0. The highest BCUT2D eigenvalue weighted by atomic mass is 35.5. The van der Waals surface area contributed by atoms with Gasteiger partial charge in [-0.25, -0.2) is 8.78 Å². The molecule has 1 aliphatic rings. The quantitative estimate of drug-likeness (QED) is 0.662. The fourth-order valence-electron chi connectivity index (χ4n) is 1.08. The maximum atomic E-state index is 12.5. The van der Waals surface area contributed by atoms with Gasteiger partial charge < -0.3 is 10.4 Å². The fourth-order valence-corrected chi connectivity index (χ4v) is 1.08. The molecule has 2 N–H and O–H groups in total. The molecule has 1 rings (SSSR count). The molecular weight excluding hydrogens is 192 g/mol. The highest BCUT2D eigenvalue weighted by Crippen LogP contribution is 2.27. The van der Waals surface area contributed by atoms with Crippen LogP contribution in [0.25, 0.3) is 0 Å². The minimum absolute atomic E-state index is 0.